The summed E-state index contributed by atoms with van der Waals surface area (Å²) in [6.07, 6.45) is -2.68. The van der Waals surface area contributed by atoms with Crippen LogP contribution >= 0.6 is 0 Å². The summed E-state index contributed by atoms with van der Waals surface area (Å²) in [6.45, 7) is 2.13. The van der Waals surface area contributed by atoms with Crippen LogP contribution in [0.15, 0.2) is 54.7 Å². The molecule has 0 spiro atoms. The van der Waals surface area contributed by atoms with Gasteiger partial charge >= 0.3 is 12.1 Å². The topological polar surface area (TPSA) is 79.4 Å². The van der Waals surface area contributed by atoms with E-state index in [2.05, 4.69) is 4.98 Å². The molecular formula is C25H27F4N3O3. The van der Waals surface area contributed by atoms with Gasteiger partial charge in [0.1, 0.15) is 23.1 Å². The van der Waals surface area contributed by atoms with Crippen molar-refractivity contribution in [2.75, 3.05) is 13.2 Å². The average Bonchev–Trinajstić information content (AvgIpc) is 3.22. The summed E-state index contributed by atoms with van der Waals surface area (Å²) < 4.78 is 66.2. The SMILES string of the molecule is CCOC(=O)C[C@H](N)CCCOc1ccccc1Cn1c(C(F)(F)F)cnc1-c1ccc(F)cc1. The van der Waals surface area contributed by atoms with Gasteiger partial charge in [-0.3, -0.25) is 4.79 Å². The lowest BCUT2D eigenvalue weighted by Crippen LogP contribution is -2.25. The number of alkyl halides is 3. The zero-order valence-electron chi connectivity index (χ0n) is 19.2. The average molecular weight is 494 g/mol. The van der Waals surface area contributed by atoms with Crippen LogP contribution in [0.4, 0.5) is 17.6 Å². The molecule has 1 heterocycles. The van der Waals surface area contributed by atoms with E-state index in [1.165, 1.54) is 24.3 Å². The molecular weight excluding hydrogens is 466 g/mol. The van der Waals surface area contributed by atoms with Crippen LogP contribution in [0.5, 0.6) is 5.75 Å². The van der Waals surface area contributed by atoms with Crippen molar-refractivity contribution in [1.29, 1.82) is 0 Å². The molecule has 3 rings (SSSR count). The maximum atomic E-state index is 13.7. The second-order valence-corrected chi connectivity index (χ2v) is 7.93. The van der Waals surface area contributed by atoms with Crippen molar-refractivity contribution in [3.05, 3.63) is 71.8 Å². The lowest BCUT2D eigenvalue weighted by Gasteiger charge is -2.17. The Balaban J connectivity index is 1.74. The number of esters is 1. The first-order valence-corrected chi connectivity index (χ1v) is 11.2. The standard InChI is InChI=1S/C25H27F4N3O3/c1-2-34-23(33)14-20(30)7-5-13-35-21-8-4-3-6-18(21)16-32-22(25(27,28)29)15-31-24(32)17-9-11-19(26)12-10-17/h3-4,6,8-12,15,20H,2,5,7,13-14,16,30H2,1H3/t20-/m1/s1. The Hall–Kier alpha value is -3.40. The molecule has 0 unspecified atom stereocenters. The predicted molar refractivity (Wildman–Crippen MR) is 122 cm³/mol. The summed E-state index contributed by atoms with van der Waals surface area (Å²) in [5.74, 6) is -0.358. The molecule has 35 heavy (non-hydrogen) atoms. The van der Waals surface area contributed by atoms with Crippen LogP contribution in [0.3, 0.4) is 0 Å². The number of nitrogens with two attached hydrogens (primary N) is 1. The fourth-order valence-corrected chi connectivity index (χ4v) is 3.60. The molecule has 0 radical (unpaired) electrons. The highest BCUT2D eigenvalue weighted by Gasteiger charge is 2.36. The van der Waals surface area contributed by atoms with Gasteiger partial charge in [-0.25, -0.2) is 9.37 Å². The molecule has 6 nitrogen and oxygen atoms in total. The number of rotatable bonds is 11. The van der Waals surface area contributed by atoms with E-state index in [4.69, 9.17) is 15.2 Å². The predicted octanol–water partition coefficient (Wildman–Crippen LogP) is 5.20. The molecule has 0 amide bonds. The molecule has 0 aliphatic carbocycles. The van der Waals surface area contributed by atoms with Crippen LogP contribution in [0.25, 0.3) is 11.4 Å². The number of benzene rings is 2. The zero-order valence-corrected chi connectivity index (χ0v) is 19.2. The summed E-state index contributed by atoms with van der Waals surface area (Å²) in [5, 5.41) is 0. The van der Waals surface area contributed by atoms with Gasteiger partial charge in [-0.15, -0.1) is 0 Å². The van der Waals surface area contributed by atoms with E-state index in [0.717, 1.165) is 10.8 Å². The van der Waals surface area contributed by atoms with E-state index < -0.39 is 17.7 Å². The molecule has 0 fully saturated rings. The Kier molecular flexibility index (Phi) is 8.86. The molecule has 0 aliphatic rings. The Labute approximate surface area is 200 Å². The van der Waals surface area contributed by atoms with Crippen LogP contribution in [-0.4, -0.2) is 34.8 Å². The molecule has 0 saturated heterocycles. The third-order valence-electron chi connectivity index (χ3n) is 5.26. The van der Waals surface area contributed by atoms with Gasteiger partial charge in [-0.05, 0) is 50.1 Å². The molecule has 1 atom stereocenters. The number of hydrogen-bond acceptors (Lipinski definition) is 5. The molecule has 0 saturated carbocycles. The van der Waals surface area contributed by atoms with E-state index in [1.807, 2.05) is 0 Å². The van der Waals surface area contributed by atoms with E-state index in [-0.39, 0.29) is 37.4 Å². The molecule has 3 aromatic rings. The third kappa shape index (κ3) is 7.29. The van der Waals surface area contributed by atoms with Gasteiger partial charge in [0.05, 0.1) is 32.4 Å². The van der Waals surface area contributed by atoms with Gasteiger partial charge in [0.2, 0.25) is 0 Å². The summed E-state index contributed by atoms with van der Waals surface area (Å²) in [5.41, 5.74) is 5.91. The highest BCUT2D eigenvalue weighted by Crippen LogP contribution is 2.34. The van der Waals surface area contributed by atoms with Gasteiger partial charge in [-0.1, -0.05) is 18.2 Å². The van der Waals surface area contributed by atoms with E-state index in [1.54, 1.807) is 31.2 Å². The van der Waals surface area contributed by atoms with Crippen molar-refractivity contribution < 1.29 is 31.8 Å². The molecule has 0 bridgehead atoms. The van der Waals surface area contributed by atoms with Crippen molar-refractivity contribution in [2.24, 2.45) is 5.73 Å². The fraction of sp³-hybridized carbons (Fsp3) is 0.360. The first-order valence-electron chi connectivity index (χ1n) is 11.2. The minimum atomic E-state index is -4.63. The smallest absolute Gasteiger partial charge is 0.433 e. The van der Waals surface area contributed by atoms with Crippen LogP contribution in [0, 0.1) is 5.82 Å². The second-order valence-electron chi connectivity index (χ2n) is 7.93. The fourth-order valence-electron chi connectivity index (χ4n) is 3.60. The number of ether oxygens (including phenoxy) is 2. The lowest BCUT2D eigenvalue weighted by molar-refractivity contribution is -0.144. The molecule has 1 aromatic heterocycles. The minimum Gasteiger partial charge on any atom is -0.493 e. The molecule has 2 N–H and O–H groups in total. The molecule has 0 aliphatic heterocycles. The normalized spacial score (nSPS) is 12.4. The monoisotopic (exact) mass is 493 g/mol. The maximum absolute atomic E-state index is 13.7. The van der Waals surface area contributed by atoms with Gasteiger partial charge in [0.25, 0.3) is 0 Å². The number of hydrogen-bond donors (Lipinski definition) is 1. The molecule has 10 heteroatoms. The van der Waals surface area contributed by atoms with E-state index in [9.17, 15) is 22.4 Å². The maximum Gasteiger partial charge on any atom is 0.433 e. The van der Waals surface area contributed by atoms with E-state index >= 15 is 0 Å². The highest BCUT2D eigenvalue weighted by atomic mass is 19.4. The van der Waals surface area contributed by atoms with Gasteiger partial charge in [0, 0.05) is 17.2 Å². The summed E-state index contributed by atoms with van der Waals surface area (Å²) in [7, 11) is 0. The van der Waals surface area contributed by atoms with Gasteiger partial charge in [0.15, 0.2) is 0 Å². The third-order valence-corrected chi connectivity index (χ3v) is 5.26. The largest absolute Gasteiger partial charge is 0.493 e. The number of imidazole rings is 1. The number of carbonyl (C=O) groups is 1. The minimum absolute atomic E-state index is 0.0667. The number of carbonyl (C=O) groups excluding carboxylic acids is 1. The Morgan fingerprint density at radius 1 is 1.14 bits per heavy atom. The Morgan fingerprint density at radius 2 is 1.86 bits per heavy atom. The highest BCUT2D eigenvalue weighted by molar-refractivity contribution is 5.70. The summed E-state index contributed by atoms with van der Waals surface area (Å²) in [4.78, 5) is 15.5. The van der Waals surface area contributed by atoms with Crippen molar-refractivity contribution in [3.63, 3.8) is 0 Å². The quantitative estimate of drug-likeness (QED) is 0.226. The second kappa shape index (κ2) is 11.8. The number of halogens is 4. The first kappa shape index (κ1) is 26.2. The number of nitrogens with zero attached hydrogens (tertiary/aromatic N) is 2. The molecule has 188 valence electrons. The van der Waals surface area contributed by atoms with Crippen LogP contribution in [0.2, 0.25) is 0 Å². The van der Waals surface area contributed by atoms with Crippen molar-refractivity contribution in [2.45, 2.75) is 44.9 Å². The Bertz CT molecular complexity index is 1110. The zero-order chi connectivity index (χ0) is 25.4. The first-order chi connectivity index (χ1) is 16.7. The Morgan fingerprint density at radius 3 is 2.54 bits per heavy atom. The van der Waals surface area contributed by atoms with Gasteiger partial charge < -0.3 is 19.8 Å². The summed E-state index contributed by atoms with van der Waals surface area (Å²) >= 11 is 0. The van der Waals surface area contributed by atoms with Crippen LogP contribution in [-0.2, 0) is 22.3 Å². The van der Waals surface area contributed by atoms with Crippen LogP contribution < -0.4 is 10.5 Å². The van der Waals surface area contributed by atoms with E-state index in [0.29, 0.717) is 36.3 Å². The van der Waals surface area contributed by atoms with Crippen molar-refractivity contribution in [3.8, 4) is 17.1 Å². The summed E-state index contributed by atoms with van der Waals surface area (Å²) in [6, 6.07) is 11.5. The number of aromatic nitrogens is 2. The number of para-hydroxylation sites is 1. The lowest BCUT2D eigenvalue weighted by atomic mass is 10.1. The van der Waals surface area contributed by atoms with Crippen molar-refractivity contribution >= 4 is 5.97 Å². The van der Waals surface area contributed by atoms with Gasteiger partial charge in [-0.2, -0.15) is 13.2 Å². The molecule has 2 aromatic carbocycles. The van der Waals surface area contributed by atoms with Crippen LogP contribution in [0.1, 0.15) is 37.4 Å². The van der Waals surface area contributed by atoms with Crippen molar-refractivity contribution in [1.82, 2.24) is 9.55 Å².